The van der Waals surface area contributed by atoms with Crippen LogP contribution in [-0.4, -0.2) is 36.0 Å². The van der Waals surface area contributed by atoms with Crippen molar-refractivity contribution in [2.75, 3.05) is 20.2 Å². The number of methoxy groups -OCH3 is 1. The molecule has 4 heteroatoms. The predicted octanol–water partition coefficient (Wildman–Crippen LogP) is 3.28. The monoisotopic (exact) mass is 284 g/mol. The second kappa shape index (κ2) is 5.28. The van der Waals surface area contributed by atoms with Crippen LogP contribution in [0.3, 0.4) is 0 Å². The van der Waals surface area contributed by atoms with Crippen LogP contribution in [-0.2, 0) is 0 Å². The highest BCUT2D eigenvalue weighted by molar-refractivity contribution is 6.01. The van der Waals surface area contributed by atoms with E-state index in [-0.39, 0.29) is 5.91 Å². The number of carbonyl (C=O) groups is 1. The van der Waals surface area contributed by atoms with Crippen LogP contribution in [0.25, 0.3) is 10.9 Å². The van der Waals surface area contributed by atoms with Crippen LogP contribution in [0.5, 0.6) is 5.75 Å². The second-order valence-corrected chi connectivity index (χ2v) is 5.59. The third kappa shape index (κ3) is 2.42. The maximum atomic E-state index is 12.7. The molecule has 1 aromatic heterocycles. The van der Waals surface area contributed by atoms with Gasteiger partial charge in [0.15, 0.2) is 0 Å². The van der Waals surface area contributed by atoms with Crippen molar-refractivity contribution in [3.8, 4) is 5.75 Å². The van der Waals surface area contributed by atoms with E-state index >= 15 is 0 Å². The van der Waals surface area contributed by atoms with Crippen molar-refractivity contribution in [1.29, 1.82) is 0 Å². The van der Waals surface area contributed by atoms with Gasteiger partial charge in [0, 0.05) is 24.0 Å². The number of benzene rings is 1. The van der Waals surface area contributed by atoms with Gasteiger partial charge in [-0.2, -0.15) is 0 Å². The molecule has 2 heterocycles. The molecule has 0 unspecified atom stereocenters. The van der Waals surface area contributed by atoms with Crippen LogP contribution >= 0.6 is 0 Å². The van der Waals surface area contributed by atoms with Crippen molar-refractivity contribution in [2.24, 2.45) is 0 Å². The minimum Gasteiger partial charge on any atom is -0.497 e. The van der Waals surface area contributed by atoms with Crippen molar-refractivity contribution < 1.29 is 9.53 Å². The molecule has 1 aliphatic heterocycles. The fourth-order valence-electron chi connectivity index (χ4n) is 2.76. The Morgan fingerprint density at radius 3 is 2.81 bits per heavy atom. The van der Waals surface area contributed by atoms with Gasteiger partial charge in [0.2, 0.25) is 0 Å². The van der Waals surface area contributed by atoms with E-state index in [0.29, 0.717) is 12.2 Å². The summed E-state index contributed by atoms with van der Waals surface area (Å²) in [5.41, 5.74) is 4.00. The molecule has 0 fully saturated rings. The fourth-order valence-corrected chi connectivity index (χ4v) is 2.76. The lowest BCUT2D eigenvalue weighted by molar-refractivity contribution is 0.0763. The van der Waals surface area contributed by atoms with Gasteiger partial charge < -0.3 is 14.6 Å². The Bertz CT molecular complexity index is 728. The summed E-state index contributed by atoms with van der Waals surface area (Å²) in [6.45, 7) is 5.58. The summed E-state index contributed by atoms with van der Waals surface area (Å²) in [4.78, 5) is 17.8. The smallest absolute Gasteiger partial charge is 0.270 e. The Morgan fingerprint density at radius 2 is 2.14 bits per heavy atom. The number of amides is 1. The first kappa shape index (κ1) is 13.7. The number of hydrogen-bond donors (Lipinski definition) is 1. The van der Waals surface area contributed by atoms with E-state index in [4.69, 9.17) is 4.74 Å². The number of aromatic amines is 1. The van der Waals surface area contributed by atoms with E-state index in [1.54, 1.807) is 7.11 Å². The molecular formula is C17H20N2O2. The zero-order valence-electron chi connectivity index (χ0n) is 12.7. The molecule has 1 amide bonds. The Labute approximate surface area is 124 Å². The van der Waals surface area contributed by atoms with E-state index < -0.39 is 0 Å². The second-order valence-electron chi connectivity index (χ2n) is 5.59. The number of aryl methyl sites for hydroxylation is 1. The van der Waals surface area contributed by atoms with Gasteiger partial charge >= 0.3 is 0 Å². The molecule has 1 aliphatic rings. The third-order valence-electron chi connectivity index (χ3n) is 4.20. The van der Waals surface area contributed by atoms with Crippen LogP contribution < -0.4 is 4.74 Å². The molecule has 4 nitrogen and oxygen atoms in total. The maximum absolute atomic E-state index is 12.7. The minimum absolute atomic E-state index is 0.0754. The van der Waals surface area contributed by atoms with E-state index in [2.05, 4.69) is 18.0 Å². The quantitative estimate of drug-likeness (QED) is 0.860. The zero-order valence-corrected chi connectivity index (χ0v) is 12.7. The molecule has 21 heavy (non-hydrogen) atoms. The largest absolute Gasteiger partial charge is 0.497 e. The minimum atomic E-state index is 0.0754. The highest BCUT2D eigenvalue weighted by Crippen LogP contribution is 2.27. The van der Waals surface area contributed by atoms with Crippen molar-refractivity contribution in [2.45, 2.75) is 20.3 Å². The molecule has 0 saturated heterocycles. The molecular weight excluding hydrogens is 264 g/mol. The van der Waals surface area contributed by atoms with Crippen molar-refractivity contribution in [1.82, 2.24) is 9.88 Å². The van der Waals surface area contributed by atoms with Gasteiger partial charge in [-0.05, 0) is 44.0 Å². The molecule has 1 N–H and O–H groups in total. The normalized spacial score (nSPS) is 15.2. The van der Waals surface area contributed by atoms with Crippen LogP contribution in [0.1, 0.15) is 29.4 Å². The van der Waals surface area contributed by atoms with Crippen LogP contribution in [0.4, 0.5) is 0 Å². The Balaban J connectivity index is 1.97. The lowest BCUT2D eigenvalue weighted by Gasteiger charge is -2.25. The average Bonchev–Trinajstić information content (AvgIpc) is 2.84. The maximum Gasteiger partial charge on any atom is 0.270 e. The number of H-pyrrole nitrogens is 1. The van der Waals surface area contributed by atoms with Crippen LogP contribution in [0, 0.1) is 6.92 Å². The SMILES string of the molecule is COc1ccc2[nH]c(C(=O)N3CC=C(C)CC3)c(C)c2c1. The molecule has 2 aromatic rings. The fraction of sp³-hybridized carbons (Fsp3) is 0.353. The first-order valence-corrected chi connectivity index (χ1v) is 7.21. The number of nitrogens with zero attached hydrogens (tertiary/aromatic N) is 1. The molecule has 110 valence electrons. The molecule has 0 atom stereocenters. The van der Waals surface area contributed by atoms with E-state index in [1.165, 1.54) is 5.57 Å². The van der Waals surface area contributed by atoms with E-state index in [0.717, 1.165) is 35.2 Å². The van der Waals surface area contributed by atoms with Gasteiger partial charge in [-0.25, -0.2) is 0 Å². The van der Waals surface area contributed by atoms with E-state index in [1.807, 2.05) is 30.0 Å². The van der Waals surface area contributed by atoms with Crippen LogP contribution in [0.15, 0.2) is 29.8 Å². The molecule has 0 saturated carbocycles. The van der Waals surface area contributed by atoms with Gasteiger partial charge in [-0.3, -0.25) is 4.79 Å². The Kier molecular flexibility index (Phi) is 3.45. The van der Waals surface area contributed by atoms with Crippen molar-refractivity contribution >= 4 is 16.8 Å². The lowest BCUT2D eigenvalue weighted by atomic mass is 10.1. The number of carbonyl (C=O) groups excluding carboxylic acids is 1. The Morgan fingerprint density at radius 1 is 1.33 bits per heavy atom. The summed E-state index contributed by atoms with van der Waals surface area (Å²) in [5, 5.41) is 1.04. The molecule has 3 rings (SSSR count). The number of hydrogen-bond acceptors (Lipinski definition) is 2. The topological polar surface area (TPSA) is 45.3 Å². The van der Waals surface area contributed by atoms with Gasteiger partial charge in [0.05, 0.1) is 7.11 Å². The number of fused-ring (bicyclic) bond motifs is 1. The molecule has 1 aromatic carbocycles. The van der Waals surface area contributed by atoms with Gasteiger partial charge in [0.1, 0.15) is 11.4 Å². The molecule has 0 radical (unpaired) electrons. The predicted molar refractivity (Wildman–Crippen MR) is 83.9 cm³/mol. The Hall–Kier alpha value is -2.23. The number of nitrogens with one attached hydrogen (secondary N) is 1. The van der Waals surface area contributed by atoms with Crippen molar-refractivity contribution in [3.63, 3.8) is 0 Å². The third-order valence-corrected chi connectivity index (χ3v) is 4.20. The highest BCUT2D eigenvalue weighted by Gasteiger charge is 2.22. The van der Waals surface area contributed by atoms with Gasteiger partial charge in [-0.1, -0.05) is 11.6 Å². The summed E-state index contributed by atoms with van der Waals surface area (Å²) in [6, 6.07) is 5.83. The lowest BCUT2D eigenvalue weighted by Crippen LogP contribution is -2.35. The molecule has 0 spiro atoms. The van der Waals surface area contributed by atoms with E-state index in [9.17, 15) is 4.79 Å². The van der Waals surface area contributed by atoms with Gasteiger partial charge in [-0.15, -0.1) is 0 Å². The number of rotatable bonds is 2. The van der Waals surface area contributed by atoms with Crippen LogP contribution in [0.2, 0.25) is 0 Å². The summed E-state index contributed by atoms with van der Waals surface area (Å²) in [5.74, 6) is 0.881. The van der Waals surface area contributed by atoms with Gasteiger partial charge in [0.25, 0.3) is 5.91 Å². The molecule has 0 bridgehead atoms. The molecule has 0 aliphatic carbocycles. The first-order valence-electron chi connectivity index (χ1n) is 7.21. The summed E-state index contributed by atoms with van der Waals surface area (Å²) < 4.78 is 5.26. The zero-order chi connectivity index (χ0) is 15.0. The number of ether oxygens (including phenoxy) is 1. The van der Waals surface area contributed by atoms with Crippen molar-refractivity contribution in [3.05, 3.63) is 41.1 Å². The summed E-state index contributed by atoms with van der Waals surface area (Å²) >= 11 is 0. The highest BCUT2D eigenvalue weighted by atomic mass is 16.5. The standard InChI is InChI=1S/C17H20N2O2/c1-11-6-8-19(9-7-11)17(20)16-12(2)14-10-13(21-3)4-5-15(14)18-16/h4-6,10,18H,7-9H2,1-3H3. The number of aromatic nitrogens is 1. The average molecular weight is 284 g/mol. The summed E-state index contributed by atoms with van der Waals surface area (Å²) in [6.07, 6.45) is 3.08. The first-order chi connectivity index (χ1) is 10.1. The summed E-state index contributed by atoms with van der Waals surface area (Å²) in [7, 11) is 1.65.